The average molecular weight is 311 g/mol. The average Bonchev–Trinajstić information content (AvgIpc) is 2.97. The van der Waals surface area contributed by atoms with Gasteiger partial charge in [-0.1, -0.05) is 6.92 Å². The van der Waals surface area contributed by atoms with Crippen molar-refractivity contribution in [2.75, 3.05) is 59.6 Å². The number of piperidine rings is 1. The van der Waals surface area contributed by atoms with Gasteiger partial charge in [-0.2, -0.15) is 0 Å². The number of amides is 1. The normalized spacial score (nSPS) is 33.1. The van der Waals surface area contributed by atoms with E-state index in [9.17, 15) is 4.79 Å². The van der Waals surface area contributed by atoms with Crippen LogP contribution in [0.15, 0.2) is 0 Å². The van der Waals surface area contributed by atoms with Gasteiger partial charge in [-0.05, 0) is 31.8 Å². The van der Waals surface area contributed by atoms with Crippen LogP contribution >= 0.6 is 0 Å². The first-order valence-electron chi connectivity index (χ1n) is 8.53. The van der Waals surface area contributed by atoms with Gasteiger partial charge in [-0.15, -0.1) is 0 Å². The van der Waals surface area contributed by atoms with Crippen LogP contribution in [0.25, 0.3) is 0 Å². The number of nitrogens with one attached hydrogen (secondary N) is 1. The molecule has 2 atom stereocenters. The van der Waals surface area contributed by atoms with Gasteiger partial charge < -0.3 is 19.7 Å². The van der Waals surface area contributed by atoms with Gasteiger partial charge >= 0.3 is 0 Å². The molecule has 2 unspecified atom stereocenters. The first-order chi connectivity index (χ1) is 10.7. The van der Waals surface area contributed by atoms with Crippen molar-refractivity contribution in [3.8, 4) is 0 Å². The number of carbonyl (C=O) groups excluding carboxylic acids is 1. The minimum atomic E-state index is -0.606. The van der Waals surface area contributed by atoms with Crippen LogP contribution < -0.4 is 5.32 Å². The van der Waals surface area contributed by atoms with E-state index < -0.39 is 5.60 Å². The Balaban J connectivity index is 1.66. The van der Waals surface area contributed by atoms with Crippen molar-refractivity contribution in [3.05, 3.63) is 0 Å². The van der Waals surface area contributed by atoms with Crippen LogP contribution in [0.3, 0.4) is 0 Å². The molecule has 3 heterocycles. The molecule has 0 aromatic rings. The molecule has 22 heavy (non-hydrogen) atoms. The number of hydrogen-bond donors (Lipinski definition) is 1. The molecule has 0 aliphatic carbocycles. The fraction of sp³-hybridized carbons (Fsp3) is 0.938. The molecule has 0 aromatic carbocycles. The quantitative estimate of drug-likeness (QED) is 0.791. The number of carbonyl (C=O) groups is 1. The van der Waals surface area contributed by atoms with Crippen molar-refractivity contribution in [2.45, 2.75) is 31.4 Å². The Hall–Kier alpha value is -0.690. The third-order valence-corrected chi connectivity index (χ3v) is 5.57. The van der Waals surface area contributed by atoms with Crippen LogP contribution in [0.1, 0.15) is 19.8 Å². The maximum Gasteiger partial charge on any atom is 0.254 e. The molecule has 3 saturated heterocycles. The number of likely N-dealkylation sites (tertiary alicyclic amines) is 1. The Kier molecular flexibility index (Phi) is 5.02. The van der Waals surface area contributed by atoms with E-state index in [0.717, 1.165) is 65.3 Å². The van der Waals surface area contributed by atoms with Crippen molar-refractivity contribution < 1.29 is 14.3 Å². The lowest BCUT2D eigenvalue weighted by Gasteiger charge is -2.38. The molecular weight excluding hydrogens is 282 g/mol. The number of nitrogens with zero attached hydrogens (tertiary/aromatic N) is 2. The standard InChI is InChI=1S/C16H29N3O3/c1-13-11-19(12-14(13)18-7-9-22-10-8-18)15(20)16(21-2)3-5-17-6-4-16/h13-14,17H,3-12H2,1-2H3. The summed E-state index contributed by atoms with van der Waals surface area (Å²) >= 11 is 0. The van der Waals surface area contributed by atoms with Crippen LogP contribution in [0, 0.1) is 5.92 Å². The summed E-state index contributed by atoms with van der Waals surface area (Å²) in [7, 11) is 1.68. The van der Waals surface area contributed by atoms with E-state index in [1.165, 1.54) is 0 Å². The highest BCUT2D eigenvalue weighted by molar-refractivity contribution is 5.85. The molecule has 3 aliphatic heterocycles. The van der Waals surface area contributed by atoms with E-state index in [-0.39, 0.29) is 5.91 Å². The first kappa shape index (κ1) is 16.2. The van der Waals surface area contributed by atoms with Crippen molar-refractivity contribution in [1.29, 1.82) is 0 Å². The molecule has 0 bridgehead atoms. The van der Waals surface area contributed by atoms with E-state index in [2.05, 4.69) is 17.1 Å². The largest absolute Gasteiger partial charge is 0.379 e. The van der Waals surface area contributed by atoms with Crippen molar-refractivity contribution in [1.82, 2.24) is 15.1 Å². The molecule has 0 saturated carbocycles. The van der Waals surface area contributed by atoms with Crippen LogP contribution in [0.5, 0.6) is 0 Å². The Bertz CT molecular complexity index is 392. The second kappa shape index (κ2) is 6.83. The van der Waals surface area contributed by atoms with Gasteiger partial charge in [0.15, 0.2) is 0 Å². The Morgan fingerprint density at radius 1 is 1.23 bits per heavy atom. The number of hydrogen-bond acceptors (Lipinski definition) is 5. The summed E-state index contributed by atoms with van der Waals surface area (Å²) in [5.41, 5.74) is -0.606. The van der Waals surface area contributed by atoms with Gasteiger partial charge in [0.05, 0.1) is 13.2 Å². The predicted octanol–water partition coefficient (Wildman–Crippen LogP) is -0.0659. The second-order valence-electron chi connectivity index (χ2n) is 6.85. The van der Waals surface area contributed by atoms with E-state index in [4.69, 9.17) is 9.47 Å². The fourth-order valence-electron chi connectivity index (χ4n) is 4.12. The molecule has 0 radical (unpaired) electrons. The highest BCUT2D eigenvalue weighted by atomic mass is 16.5. The van der Waals surface area contributed by atoms with Crippen LogP contribution in [0.2, 0.25) is 0 Å². The molecule has 3 rings (SSSR count). The summed E-state index contributed by atoms with van der Waals surface area (Å²) in [6.07, 6.45) is 1.55. The Morgan fingerprint density at radius 3 is 2.55 bits per heavy atom. The van der Waals surface area contributed by atoms with Gasteiger partial charge in [-0.25, -0.2) is 0 Å². The highest BCUT2D eigenvalue weighted by Crippen LogP contribution is 2.30. The molecule has 126 valence electrons. The lowest BCUT2D eigenvalue weighted by molar-refractivity contribution is -0.157. The van der Waals surface area contributed by atoms with Crippen molar-refractivity contribution in [2.24, 2.45) is 5.92 Å². The summed E-state index contributed by atoms with van der Waals surface area (Å²) < 4.78 is 11.2. The smallest absolute Gasteiger partial charge is 0.254 e. The summed E-state index contributed by atoms with van der Waals surface area (Å²) in [6, 6.07) is 0.462. The lowest BCUT2D eigenvalue weighted by Crippen LogP contribution is -2.55. The molecule has 6 nitrogen and oxygen atoms in total. The molecule has 1 amide bonds. The van der Waals surface area contributed by atoms with Gasteiger partial charge in [0, 0.05) is 39.3 Å². The third-order valence-electron chi connectivity index (χ3n) is 5.57. The van der Waals surface area contributed by atoms with E-state index in [1.807, 2.05) is 4.90 Å². The summed E-state index contributed by atoms with van der Waals surface area (Å²) in [4.78, 5) is 17.6. The lowest BCUT2D eigenvalue weighted by atomic mass is 9.90. The summed E-state index contributed by atoms with van der Waals surface area (Å²) in [6.45, 7) is 9.24. The van der Waals surface area contributed by atoms with Crippen molar-refractivity contribution >= 4 is 5.91 Å². The van der Waals surface area contributed by atoms with E-state index >= 15 is 0 Å². The maximum absolute atomic E-state index is 13.1. The molecular formula is C16H29N3O3. The summed E-state index contributed by atoms with van der Waals surface area (Å²) in [5.74, 6) is 0.705. The zero-order chi connectivity index (χ0) is 15.6. The zero-order valence-corrected chi connectivity index (χ0v) is 13.8. The van der Waals surface area contributed by atoms with Gasteiger partial charge in [0.2, 0.25) is 0 Å². The second-order valence-corrected chi connectivity index (χ2v) is 6.85. The Labute approximate surface area is 133 Å². The number of rotatable bonds is 3. The molecule has 1 N–H and O–H groups in total. The third kappa shape index (κ3) is 3.02. The molecule has 3 aliphatic rings. The minimum absolute atomic E-state index is 0.194. The molecule has 6 heteroatoms. The Morgan fingerprint density at radius 2 is 1.91 bits per heavy atom. The van der Waals surface area contributed by atoms with Crippen LogP contribution in [-0.2, 0) is 14.3 Å². The van der Waals surface area contributed by atoms with Crippen molar-refractivity contribution in [3.63, 3.8) is 0 Å². The van der Waals surface area contributed by atoms with Gasteiger partial charge in [0.25, 0.3) is 5.91 Å². The topological polar surface area (TPSA) is 54.0 Å². The SMILES string of the molecule is COC1(C(=O)N2CC(C)C(N3CCOCC3)C2)CCNCC1. The number of morpholine rings is 1. The predicted molar refractivity (Wildman–Crippen MR) is 83.8 cm³/mol. The van der Waals surface area contributed by atoms with Gasteiger partial charge in [0.1, 0.15) is 5.60 Å². The molecule has 0 spiro atoms. The molecule has 3 fully saturated rings. The monoisotopic (exact) mass is 311 g/mol. The number of ether oxygens (including phenoxy) is 2. The van der Waals surface area contributed by atoms with Crippen LogP contribution in [0.4, 0.5) is 0 Å². The zero-order valence-electron chi connectivity index (χ0n) is 13.8. The maximum atomic E-state index is 13.1. The van der Waals surface area contributed by atoms with E-state index in [0.29, 0.717) is 12.0 Å². The fourth-order valence-corrected chi connectivity index (χ4v) is 4.12. The minimum Gasteiger partial charge on any atom is -0.379 e. The summed E-state index contributed by atoms with van der Waals surface area (Å²) in [5, 5.41) is 3.32. The highest BCUT2D eigenvalue weighted by Gasteiger charge is 2.46. The van der Waals surface area contributed by atoms with E-state index in [1.54, 1.807) is 7.11 Å². The number of methoxy groups -OCH3 is 1. The van der Waals surface area contributed by atoms with Crippen LogP contribution in [-0.4, -0.2) is 86.9 Å². The van der Waals surface area contributed by atoms with Gasteiger partial charge in [-0.3, -0.25) is 9.69 Å². The first-order valence-corrected chi connectivity index (χ1v) is 8.53. The molecule has 0 aromatic heterocycles.